The standard InChI is InChI=1S/C23H32N2O4/c1-2-6-21(26)25-12-5-7-18(25)22(27)24-16-23(10-3-4-11-23)17-8-9-19-20(15-17)29-14-13-28-19/h8-9,15,18H,2-7,10-14,16H2,1H3,(H,24,27). The Labute approximate surface area is 172 Å². The first kappa shape index (κ1) is 20.0. The third-order valence-corrected chi connectivity index (χ3v) is 6.66. The van der Waals surface area contributed by atoms with E-state index >= 15 is 0 Å². The van der Waals surface area contributed by atoms with E-state index in [4.69, 9.17) is 9.47 Å². The van der Waals surface area contributed by atoms with Crippen LogP contribution < -0.4 is 14.8 Å². The van der Waals surface area contributed by atoms with E-state index in [0.717, 1.165) is 56.4 Å². The first-order chi connectivity index (χ1) is 14.1. The highest BCUT2D eigenvalue weighted by molar-refractivity contribution is 5.88. The molecular formula is C23H32N2O4. The van der Waals surface area contributed by atoms with Gasteiger partial charge in [0.25, 0.3) is 0 Å². The Morgan fingerprint density at radius 1 is 1.14 bits per heavy atom. The Hall–Kier alpha value is -2.24. The topological polar surface area (TPSA) is 67.9 Å². The minimum Gasteiger partial charge on any atom is -0.486 e. The van der Waals surface area contributed by atoms with Crippen LogP contribution in [0.4, 0.5) is 0 Å². The van der Waals surface area contributed by atoms with Crippen molar-refractivity contribution < 1.29 is 19.1 Å². The lowest BCUT2D eigenvalue weighted by Gasteiger charge is -2.32. The van der Waals surface area contributed by atoms with Crippen molar-refractivity contribution >= 4 is 11.8 Å². The smallest absolute Gasteiger partial charge is 0.242 e. The fourth-order valence-electron chi connectivity index (χ4n) is 5.06. The number of benzene rings is 1. The summed E-state index contributed by atoms with van der Waals surface area (Å²) in [5.41, 5.74) is 1.15. The number of amides is 2. The number of fused-ring (bicyclic) bond motifs is 1. The molecule has 0 aromatic heterocycles. The van der Waals surface area contributed by atoms with Gasteiger partial charge in [-0.2, -0.15) is 0 Å². The highest BCUT2D eigenvalue weighted by Gasteiger charge is 2.39. The molecule has 4 rings (SSSR count). The molecule has 3 aliphatic rings. The predicted octanol–water partition coefficient (Wildman–Crippen LogP) is 3.18. The maximum absolute atomic E-state index is 13.0. The van der Waals surface area contributed by atoms with Crippen LogP contribution in [-0.4, -0.2) is 49.1 Å². The van der Waals surface area contributed by atoms with Gasteiger partial charge < -0.3 is 19.7 Å². The van der Waals surface area contributed by atoms with Crippen LogP contribution >= 0.6 is 0 Å². The van der Waals surface area contributed by atoms with Crippen molar-refractivity contribution in [2.45, 2.75) is 69.7 Å². The second-order valence-corrected chi connectivity index (χ2v) is 8.56. The van der Waals surface area contributed by atoms with Crippen molar-refractivity contribution in [1.82, 2.24) is 10.2 Å². The Morgan fingerprint density at radius 3 is 2.66 bits per heavy atom. The molecule has 0 spiro atoms. The third kappa shape index (κ3) is 4.07. The van der Waals surface area contributed by atoms with Gasteiger partial charge in [0.05, 0.1) is 0 Å². The van der Waals surface area contributed by atoms with Crippen LogP contribution in [0.2, 0.25) is 0 Å². The Balaban J connectivity index is 1.46. The van der Waals surface area contributed by atoms with Crippen LogP contribution in [0.25, 0.3) is 0 Å². The van der Waals surface area contributed by atoms with E-state index in [1.807, 2.05) is 13.0 Å². The Kier molecular flexibility index (Phi) is 5.97. The van der Waals surface area contributed by atoms with Gasteiger partial charge in [0.1, 0.15) is 19.3 Å². The van der Waals surface area contributed by atoms with E-state index in [-0.39, 0.29) is 23.3 Å². The fraction of sp³-hybridized carbons (Fsp3) is 0.652. The first-order valence-electron chi connectivity index (χ1n) is 11.1. The average Bonchev–Trinajstić information content (AvgIpc) is 3.42. The second kappa shape index (κ2) is 8.64. The number of hydrogen-bond donors (Lipinski definition) is 1. The van der Waals surface area contributed by atoms with Crippen molar-refractivity contribution in [2.24, 2.45) is 0 Å². The molecule has 0 radical (unpaired) electrons. The van der Waals surface area contributed by atoms with Gasteiger partial charge in [0.2, 0.25) is 11.8 Å². The summed E-state index contributed by atoms with van der Waals surface area (Å²) in [4.78, 5) is 27.1. The Morgan fingerprint density at radius 2 is 1.90 bits per heavy atom. The summed E-state index contributed by atoms with van der Waals surface area (Å²) < 4.78 is 11.4. The van der Waals surface area contributed by atoms with E-state index in [1.54, 1.807) is 4.90 Å². The number of nitrogens with zero attached hydrogens (tertiary/aromatic N) is 1. The van der Waals surface area contributed by atoms with Gasteiger partial charge in [-0.05, 0) is 49.8 Å². The normalized spacial score (nSPS) is 22.5. The van der Waals surface area contributed by atoms with E-state index in [0.29, 0.717) is 32.7 Å². The number of nitrogens with one attached hydrogen (secondary N) is 1. The third-order valence-electron chi connectivity index (χ3n) is 6.66. The van der Waals surface area contributed by atoms with Gasteiger partial charge in [0.15, 0.2) is 11.5 Å². The minimum atomic E-state index is -0.312. The molecule has 2 aliphatic heterocycles. The molecule has 29 heavy (non-hydrogen) atoms. The number of hydrogen-bond acceptors (Lipinski definition) is 4. The van der Waals surface area contributed by atoms with Crippen LogP contribution in [0.5, 0.6) is 11.5 Å². The number of likely N-dealkylation sites (tertiary alicyclic amines) is 1. The van der Waals surface area contributed by atoms with Crippen LogP contribution in [0.1, 0.15) is 63.9 Å². The molecule has 158 valence electrons. The quantitative estimate of drug-likeness (QED) is 0.796. The molecule has 2 heterocycles. The lowest BCUT2D eigenvalue weighted by Crippen LogP contribution is -2.49. The van der Waals surface area contributed by atoms with Crippen molar-refractivity contribution in [2.75, 3.05) is 26.3 Å². The molecule has 6 heteroatoms. The summed E-state index contributed by atoms with van der Waals surface area (Å²) in [5, 5.41) is 3.21. The maximum Gasteiger partial charge on any atom is 0.242 e. The summed E-state index contributed by atoms with van der Waals surface area (Å²) in [6, 6.07) is 5.90. The number of rotatable bonds is 6. The zero-order valence-electron chi connectivity index (χ0n) is 17.4. The van der Waals surface area contributed by atoms with Crippen LogP contribution in [0.3, 0.4) is 0 Å². The molecule has 1 atom stereocenters. The van der Waals surface area contributed by atoms with Gasteiger partial charge in [-0.25, -0.2) is 0 Å². The predicted molar refractivity (Wildman–Crippen MR) is 110 cm³/mol. The molecule has 2 fully saturated rings. The van der Waals surface area contributed by atoms with Gasteiger partial charge in [0, 0.05) is 24.9 Å². The SMILES string of the molecule is CCCC(=O)N1CCCC1C(=O)NCC1(c2ccc3c(c2)OCCO3)CCCC1. The van der Waals surface area contributed by atoms with Crippen molar-refractivity contribution in [3.8, 4) is 11.5 Å². The summed E-state index contributed by atoms with van der Waals surface area (Å²) in [6.07, 6.45) is 7.43. The maximum atomic E-state index is 13.0. The molecule has 1 unspecified atom stereocenters. The number of carbonyl (C=O) groups excluding carboxylic acids is 2. The fourth-order valence-corrected chi connectivity index (χ4v) is 5.06. The molecule has 1 aromatic rings. The summed E-state index contributed by atoms with van der Waals surface area (Å²) in [5.74, 6) is 1.70. The highest BCUT2D eigenvalue weighted by atomic mass is 16.6. The zero-order chi connectivity index (χ0) is 20.3. The van der Waals surface area contributed by atoms with E-state index in [2.05, 4.69) is 17.4 Å². The number of carbonyl (C=O) groups is 2. The van der Waals surface area contributed by atoms with Crippen molar-refractivity contribution in [3.05, 3.63) is 23.8 Å². The lowest BCUT2D eigenvalue weighted by atomic mass is 9.78. The number of ether oxygens (including phenoxy) is 2. The molecule has 1 aromatic carbocycles. The molecule has 1 aliphatic carbocycles. The molecule has 1 saturated heterocycles. The lowest BCUT2D eigenvalue weighted by molar-refractivity contribution is -0.138. The molecule has 1 saturated carbocycles. The Bertz CT molecular complexity index is 757. The first-order valence-corrected chi connectivity index (χ1v) is 11.1. The molecule has 6 nitrogen and oxygen atoms in total. The highest BCUT2D eigenvalue weighted by Crippen LogP contribution is 2.44. The van der Waals surface area contributed by atoms with Crippen molar-refractivity contribution in [1.29, 1.82) is 0 Å². The molecule has 2 amide bonds. The largest absolute Gasteiger partial charge is 0.486 e. The van der Waals surface area contributed by atoms with E-state index in [1.165, 1.54) is 5.56 Å². The summed E-state index contributed by atoms with van der Waals surface area (Å²) >= 11 is 0. The van der Waals surface area contributed by atoms with Crippen LogP contribution in [-0.2, 0) is 15.0 Å². The van der Waals surface area contributed by atoms with Crippen molar-refractivity contribution in [3.63, 3.8) is 0 Å². The summed E-state index contributed by atoms with van der Waals surface area (Å²) in [6.45, 7) is 4.47. The van der Waals surface area contributed by atoms with Gasteiger partial charge in [-0.15, -0.1) is 0 Å². The summed E-state index contributed by atoms with van der Waals surface area (Å²) in [7, 11) is 0. The van der Waals surface area contributed by atoms with Crippen LogP contribution in [0, 0.1) is 0 Å². The van der Waals surface area contributed by atoms with E-state index < -0.39 is 0 Å². The monoisotopic (exact) mass is 400 g/mol. The van der Waals surface area contributed by atoms with Crippen LogP contribution in [0.15, 0.2) is 18.2 Å². The zero-order valence-corrected chi connectivity index (χ0v) is 17.4. The van der Waals surface area contributed by atoms with Gasteiger partial charge >= 0.3 is 0 Å². The molecule has 0 bridgehead atoms. The van der Waals surface area contributed by atoms with Gasteiger partial charge in [-0.1, -0.05) is 25.8 Å². The molecular weight excluding hydrogens is 368 g/mol. The van der Waals surface area contributed by atoms with E-state index in [9.17, 15) is 9.59 Å². The minimum absolute atomic E-state index is 0.00392. The average molecular weight is 401 g/mol. The second-order valence-electron chi connectivity index (χ2n) is 8.56. The van der Waals surface area contributed by atoms with Gasteiger partial charge in [-0.3, -0.25) is 9.59 Å². The molecule has 1 N–H and O–H groups in total.